The molecule has 0 saturated carbocycles. The number of fused-ring (bicyclic) bond motifs is 3. The van der Waals surface area contributed by atoms with E-state index in [-0.39, 0.29) is 24.1 Å². The van der Waals surface area contributed by atoms with Crippen molar-refractivity contribution in [2.45, 2.75) is 32.4 Å². The van der Waals surface area contributed by atoms with E-state index in [9.17, 15) is 14.4 Å². The normalized spacial score (nSPS) is 19.2. The van der Waals surface area contributed by atoms with E-state index in [4.69, 9.17) is 0 Å². The highest BCUT2D eigenvalue weighted by atomic mass is 79.9. The molecule has 1 saturated heterocycles. The largest absolute Gasteiger partial charge is 0.357 e. The van der Waals surface area contributed by atoms with Crippen molar-refractivity contribution in [1.82, 2.24) is 9.88 Å². The average Bonchev–Trinajstić information content (AvgIpc) is 3.26. The third-order valence-electron chi connectivity index (χ3n) is 6.00. The van der Waals surface area contributed by atoms with Crippen LogP contribution < -0.4 is 10.2 Å². The maximum Gasteiger partial charge on any atom is 0.251 e. The Labute approximate surface area is 187 Å². The molecule has 8 heteroatoms. The predicted octanol–water partition coefficient (Wildman–Crippen LogP) is 3.58. The topological polar surface area (TPSA) is 85.5 Å². The molecule has 0 radical (unpaired) electrons. The molecular formula is C23H21BrN4O3. The number of aromatic nitrogens is 1. The van der Waals surface area contributed by atoms with E-state index >= 15 is 0 Å². The molecule has 7 nitrogen and oxygen atoms in total. The lowest BCUT2D eigenvalue weighted by atomic mass is 10.0. The monoisotopic (exact) mass is 480 g/mol. The summed E-state index contributed by atoms with van der Waals surface area (Å²) in [6, 6.07) is 12.4. The molecule has 0 aliphatic carbocycles. The van der Waals surface area contributed by atoms with E-state index in [0.29, 0.717) is 17.9 Å². The van der Waals surface area contributed by atoms with Crippen LogP contribution in [-0.4, -0.2) is 40.2 Å². The van der Waals surface area contributed by atoms with E-state index in [1.54, 1.807) is 24.3 Å². The van der Waals surface area contributed by atoms with Gasteiger partial charge in [0.1, 0.15) is 0 Å². The summed E-state index contributed by atoms with van der Waals surface area (Å²) < 4.78 is 1.02. The highest BCUT2D eigenvalue weighted by Crippen LogP contribution is 2.34. The Kier molecular flexibility index (Phi) is 4.91. The number of hydrogen-bond donors (Lipinski definition) is 2. The molecule has 2 N–H and O–H groups in total. The predicted molar refractivity (Wildman–Crippen MR) is 122 cm³/mol. The van der Waals surface area contributed by atoms with Gasteiger partial charge in [-0.05, 0) is 51.8 Å². The Morgan fingerprint density at radius 2 is 1.94 bits per heavy atom. The first-order chi connectivity index (χ1) is 14.9. The molecule has 3 heterocycles. The molecule has 0 bridgehead atoms. The van der Waals surface area contributed by atoms with Crippen LogP contribution in [0, 0.1) is 0 Å². The zero-order chi connectivity index (χ0) is 21.7. The van der Waals surface area contributed by atoms with E-state index in [0.717, 1.165) is 28.3 Å². The van der Waals surface area contributed by atoms with Gasteiger partial charge in [0.2, 0.25) is 11.8 Å². The number of nitrogens with one attached hydrogen (secondary N) is 2. The number of aromatic amines is 1. The number of rotatable bonds is 3. The second-order valence-corrected chi connectivity index (χ2v) is 8.83. The Balaban J connectivity index is 1.38. The molecule has 1 aromatic heterocycles. The van der Waals surface area contributed by atoms with Crippen LogP contribution in [0.5, 0.6) is 0 Å². The molecule has 158 valence electrons. The third kappa shape index (κ3) is 3.45. The molecule has 1 atom stereocenters. The summed E-state index contributed by atoms with van der Waals surface area (Å²) in [4.78, 5) is 44.1. The fourth-order valence-corrected chi connectivity index (χ4v) is 5.02. The fraction of sp³-hybridized carbons (Fsp3) is 0.261. The van der Waals surface area contributed by atoms with Crippen molar-refractivity contribution in [3.63, 3.8) is 0 Å². The van der Waals surface area contributed by atoms with Gasteiger partial charge in [0, 0.05) is 47.7 Å². The number of hydrogen-bond acceptors (Lipinski definition) is 4. The second-order valence-electron chi connectivity index (χ2n) is 7.98. The van der Waals surface area contributed by atoms with E-state index in [1.807, 2.05) is 12.1 Å². The number of nitrogens with zero attached hydrogens (tertiary/aromatic N) is 2. The summed E-state index contributed by atoms with van der Waals surface area (Å²) in [6.45, 7) is 2.78. The Morgan fingerprint density at radius 1 is 1.16 bits per heavy atom. The van der Waals surface area contributed by atoms with Gasteiger partial charge in [0.05, 0.1) is 23.7 Å². The molecule has 2 aromatic carbocycles. The van der Waals surface area contributed by atoms with Crippen molar-refractivity contribution in [2.75, 3.05) is 16.8 Å². The summed E-state index contributed by atoms with van der Waals surface area (Å²) in [5.74, 6) is -0.564. The van der Waals surface area contributed by atoms with Crippen molar-refractivity contribution in [2.24, 2.45) is 0 Å². The molecule has 0 spiro atoms. The summed E-state index contributed by atoms with van der Waals surface area (Å²) in [5, 5.41) is 3.84. The van der Waals surface area contributed by atoms with Crippen LogP contribution in [0.4, 0.5) is 11.4 Å². The lowest BCUT2D eigenvalue weighted by molar-refractivity contribution is -0.123. The standard InChI is InChI=1S/C23H21BrN4O3/c1-13(29)25-14-5-7-15(8-6-14)28-21(30)11-20(23(28)31)27-10-9-19-17(12-27)16-3-2-4-18(24)22(16)26-19/h2-8,20,26H,9-12H2,1H3,(H,25,29)/t20-/m0/s1. The van der Waals surface area contributed by atoms with Crippen molar-refractivity contribution in [3.8, 4) is 0 Å². The maximum absolute atomic E-state index is 13.2. The maximum atomic E-state index is 13.2. The van der Waals surface area contributed by atoms with Gasteiger partial charge < -0.3 is 10.3 Å². The lowest BCUT2D eigenvalue weighted by Crippen LogP contribution is -2.44. The van der Waals surface area contributed by atoms with Crippen LogP contribution in [0.15, 0.2) is 46.9 Å². The van der Waals surface area contributed by atoms with E-state index < -0.39 is 6.04 Å². The van der Waals surface area contributed by atoms with Crippen LogP contribution in [0.1, 0.15) is 24.6 Å². The van der Waals surface area contributed by atoms with Gasteiger partial charge in [0.15, 0.2) is 0 Å². The van der Waals surface area contributed by atoms with E-state index in [1.165, 1.54) is 23.1 Å². The Morgan fingerprint density at radius 3 is 2.68 bits per heavy atom. The SMILES string of the molecule is CC(=O)Nc1ccc(N2C(=O)C[C@H](N3CCc4[nH]c5c(Br)cccc5c4C3)C2=O)cc1. The van der Waals surface area contributed by atoms with Gasteiger partial charge in [-0.2, -0.15) is 0 Å². The smallest absolute Gasteiger partial charge is 0.251 e. The van der Waals surface area contributed by atoms with Crippen molar-refractivity contribution in [3.05, 3.63) is 58.2 Å². The van der Waals surface area contributed by atoms with Gasteiger partial charge >= 0.3 is 0 Å². The fourth-order valence-electron chi connectivity index (χ4n) is 4.56. The summed E-state index contributed by atoms with van der Waals surface area (Å²) in [7, 11) is 0. The number of halogens is 1. The highest BCUT2D eigenvalue weighted by molar-refractivity contribution is 9.10. The molecule has 31 heavy (non-hydrogen) atoms. The van der Waals surface area contributed by atoms with Crippen LogP contribution in [0.25, 0.3) is 10.9 Å². The van der Waals surface area contributed by atoms with Crippen LogP contribution >= 0.6 is 15.9 Å². The first-order valence-electron chi connectivity index (χ1n) is 10.2. The first-order valence-corrected chi connectivity index (χ1v) is 11.0. The zero-order valence-corrected chi connectivity index (χ0v) is 18.5. The van der Waals surface area contributed by atoms with Crippen molar-refractivity contribution in [1.29, 1.82) is 0 Å². The number of para-hydroxylation sites is 1. The first kappa shape index (κ1) is 20.0. The van der Waals surface area contributed by atoms with E-state index in [2.05, 4.69) is 37.2 Å². The van der Waals surface area contributed by atoms with Gasteiger partial charge in [-0.1, -0.05) is 12.1 Å². The number of carbonyl (C=O) groups is 3. The minimum Gasteiger partial charge on any atom is -0.357 e. The number of amides is 3. The lowest BCUT2D eigenvalue weighted by Gasteiger charge is -2.31. The minimum absolute atomic E-state index is 0.171. The molecule has 3 amide bonds. The molecular weight excluding hydrogens is 460 g/mol. The average molecular weight is 481 g/mol. The number of imide groups is 1. The van der Waals surface area contributed by atoms with Crippen LogP contribution in [0.2, 0.25) is 0 Å². The Hall–Kier alpha value is -2.97. The van der Waals surface area contributed by atoms with Crippen LogP contribution in [-0.2, 0) is 27.3 Å². The van der Waals surface area contributed by atoms with Gasteiger partial charge in [-0.25, -0.2) is 4.90 Å². The Bertz CT molecular complexity index is 1220. The zero-order valence-electron chi connectivity index (χ0n) is 16.9. The van der Waals surface area contributed by atoms with Gasteiger partial charge in [0.25, 0.3) is 5.91 Å². The summed E-state index contributed by atoms with van der Waals surface area (Å²) in [6.07, 6.45) is 0.980. The number of benzene rings is 2. The highest BCUT2D eigenvalue weighted by Gasteiger charge is 2.43. The van der Waals surface area contributed by atoms with Crippen molar-refractivity contribution < 1.29 is 14.4 Å². The summed E-state index contributed by atoms with van der Waals surface area (Å²) in [5.41, 5.74) is 4.62. The van der Waals surface area contributed by atoms with Crippen molar-refractivity contribution >= 4 is 55.9 Å². The second kappa shape index (κ2) is 7.62. The number of anilines is 2. The quantitative estimate of drug-likeness (QED) is 0.561. The minimum atomic E-state index is -0.465. The molecule has 3 aromatic rings. The number of carbonyl (C=O) groups excluding carboxylic acids is 3. The third-order valence-corrected chi connectivity index (χ3v) is 6.66. The molecule has 2 aliphatic rings. The molecule has 5 rings (SSSR count). The summed E-state index contributed by atoms with van der Waals surface area (Å²) >= 11 is 3.60. The van der Waals surface area contributed by atoms with Crippen LogP contribution in [0.3, 0.4) is 0 Å². The molecule has 1 fully saturated rings. The van der Waals surface area contributed by atoms with Gasteiger partial charge in [-0.15, -0.1) is 0 Å². The van der Waals surface area contributed by atoms with Gasteiger partial charge in [-0.3, -0.25) is 19.3 Å². The molecule has 0 unspecified atom stereocenters. The number of H-pyrrole nitrogens is 1. The molecule has 2 aliphatic heterocycles.